The molecule has 0 saturated carbocycles. The molecule has 2 N–H and O–H groups in total. The Morgan fingerprint density at radius 3 is 2.57 bits per heavy atom. The number of ether oxygens (including phenoxy) is 1. The number of ketones is 2. The van der Waals surface area contributed by atoms with Gasteiger partial charge in [-0.25, -0.2) is 0 Å². The van der Waals surface area contributed by atoms with E-state index in [2.05, 4.69) is 0 Å². The van der Waals surface area contributed by atoms with Gasteiger partial charge < -0.3 is 14.9 Å². The van der Waals surface area contributed by atoms with Gasteiger partial charge in [0.15, 0.2) is 0 Å². The fourth-order valence-corrected chi connectivity index (χ4v) is 5.16. The fraction of sp³-hybridized carbons (Fsp3) is 0.591. The molecule has 0 spiro atoms. The van der Waals surface area contributed by atoms with E-state index in [0.29, 0.717) is 24.0 Å². The van der Waals surface area contributed by atoms with Gasteiger partial charge in [0.05, 0.1) is 12.7 Å². The lowest BCUT2D eigenvalue weighted by Gasteiger charge is -2.50. The highest BCUT2D eigenvalue weighted by molar-refractivity contribution is 6.50. The Bertz CT molecular complexity index is 843. The Morgan fingerprint density at radius 2 is 1.93 bits per heavy atom. The van der Waals surface area contributed by atoms with Crippen LogP contribution in [-0.2, 0) is 19.1 Å². The highest BCUT2D eigenvalue weighted by atomic mass is 16.5. The minimum Gasteiger partial charge on any atom is -0.507 e. The molecular weight excluding hydrogens is 360 g/mol. The van der Waals surface area contributed by atoms with Crippen molar-refractivity contribution in [3.63, 3.8) is 0 Å². The van der Waals surface area contributed by atoms with Gasteiger partial charge in [0, 0.05) is 41.4 Å². The van der Waals surface area contributed by atoms with Crippen molar-refractivity contribution in [2.45, 2.75) is 65.9 Å². The lowest BCUT2D eigenvalue weighted by Crippen LogP contribution is -2.49. The predicted octanol–water partition coefficient (Wildman–Crippen LogP) is 3.11. The molecule has 28 heavy (non-hydrogen) atoms. The molecule has 3 rings (SSSR count). The van der Waals surface area contributed by atoms with Gasteiger partial charge in [-0.05, 0) is 39.5 Å². The minimum atomic E-state index is -0.718. The van der Waals surface area contributed by atoms with E-state index in [0.717, 1.165) is 12.0 Å². The van der Waals surface area contributed by atoms with Crippen LogP contribution < -0.4 is 0 Å². The number of rotatable bonds is 4. The molecule has 0 radical (unpaired) electrons. The number of carbonyl (C=O) groups excluding carboxylic acids is 3. The molecule has 0 amide bonds. The maximum atomic E-state index is 13.1. The summed E-state index contributed by atoms with van der Waals surface area (Å²) in [4.78, 5) is 36.7. The minimum absolute atomic E-state index is 0.0596. The Hall–Kier alpha value is -2.21. The second-order valence-electron chi connectivity index (χ2n) is 8.41. The van der Waals surface area contributed by atoms with E-state index in [1.54, 1.807) is 0 Å². The number of hydrogen-bond donors (Lipinski definition) is 2. The van der Waals surface area contributed by atoms with Crippen molar-refractivity contribution in [2.75, 3.05) is 6.61 Å². The van der Waals surface area contributed by atoms with Crippen LogP contribution in [0.25, 0.3) is 0 Å². The third kappa shape index (κ3) is 3.13. The van der Waals surface area contributed by atoms with Crippen LogP contribution in [0.3, 0.4) is 0 Å². The average molecular weight is 388 g/mol. The Kier molecular flexibility index (Phi) is 5.36. The molecule has 0 unspecified atom stereocenters. The standard InChI is InChI=1S/C22H28O6/c1-11-7-8-22(4)17(12(11)2)16(24)10-15-18(22)21(27)20(26)14(19(15)25)6-5-9-28-13(3)23/h16-17,24-25H,5-10H2,1-4H3/t16-,17+,22+/m1/s1. The molecule has 0 heterocycles. The van der Waals surface area contributed by atoms with Crippen LogP contribution in [-0.4, -0.2) is 40.5 Å². The fourth-order valence-electron chi connectivity index (χ4n) is 5.16. The molecule has 3 atom stereocenters. The molecule has 0 aromatic carbocycles. The van der Waals surface area contributed by atoms with E-state index in [1.807, 2.05) is 20.8 Å². The van der Waals surface area contributed by atoms with Crippen LogP contribution in [0.2, 0.25) is 0 Å². The summed E-state index contributed by atoms with van der Waals surface area (Å²) in [6, 6.07) is 0. The first-order chi connectivity index (χ1) is 13.1. The third-order valence-electron chi connectivity index (χ3n) is 6.67. The lowest BCUT2D eigenvalue weighted by molar-refractivity contribution is -0.141. The maximum Gasteiger partial charge on any atom is 0.302 e. The summed E-state index contributed by atoms with van der Waals surface area (Å²) in [6.07, 6.45) is 1.37. The van der Waals surface area contributed by atoms with Crippen molar-refractivity contribution in [3.8, 4) is 0 Å². The average Bonchev–Trinajstić information content (AvgIpc) is 2.62. The van der Waals surface area contributed by atoms with E-state index in [1.165, 1.54) is 12.5 Å². The zero-order chi connectivity index (χ0) is 20.8. The summed E-state index contributed by atoms with van der Waals surface area (Å²) in [6.45, 7) is 7.36. The van der Waals surface area contributed by atoms with Crippen LogP contribution in [0, 0.1) is 11.3 Å². The summed E-state index contributed by atoms with van der Waals surface area (Å²) in [7, 11) is 0. The van der Waals surface area contributed by atoms with E-state index in [4.69, 9.17) is 4.74 Å². The van der Waals surface area contributed by atoms with Crippen molar-refractivity contribution < 1.29 is 29.3 Å². The molecule has 0 bridgehead atoms. The van der Waals surface area contributed by atoms with E-state index in [9.17, 15) is 24.6 Å². The Balaban J connectivity index is 2.01. The zero-order valence-electron chi connectivity index (χ0n) is 16.9. The molecule has 6 nitrogen and oxygen atoms in total. The first-order valence-corrected chi connectivity index (χ1v) is 9.82. The van der Waals surface area contributed by atoms with Crippen LogP contribution in [0.4, 0.5) is 0 Å². The Labute approximate surface area is 165 Å². The number of esters is 1. The van der Waals surface area contributed by atoms with Gasteiger partial charge in [-0.3, -0.25) is 14.4 Å². The van der Waals surface area contributed by atoms with E-state index < -0.39 is 29.1 Å². The molecule has 0 saturated heterocycles. The first-order valence-electron chi connectivity index (χ1n) is 9.82. The topological polar surface area (TPSA) is 101 Å². The summed E-state index contributed by atoms with van der Waals surface area (Å²) in [5.41, 5.74) is 2.46. The molecule has 0 aromatic rings. The zero-order valence-corrected chi connectivity index (χ0v) is 16.9. The smallest absolute Gasteiger partial charge is 0.302 e. The number of Topliss-reactive ketones (excluding diaryl/α,β-unsaturated/α-hetero) is 2. The monoisotopic (exact) mass is 388 g/mol. The van der Waals surface area contributed by atoms with Gasteiger partial charge >= 0.3 is 5.97 Å². The second-order valence-corrected chi connectivity index (χ2v) is 8.41. The van der Waals surface area contributed by atoms with Gasteiger partial charge in [-0.2, -0.15) is 0 Å². The van der Waals surface area contributed by atoms with E-state index in [-0.39, 0.29) is 36.7 Å². The van der Waals surface area contributed by atoms with Crippen molar-refractivity contribution in [1.29, 1.82) is 0 Å². The molecule has 152 valence electrons. The molecule has 0 aromatic heterocycles. The van der Waals surface area contributed by atoms with E-state index >= 15 is 0 Å². The van der Waals surface area contributed by atoms with Crippen molar-refractivity contribution in [3.05, 3.63) is 33.6 Å². The second kappa shape index (κ2) is 7.32. The highest BCUT2D eigenvalue weighted by Crippen LogP contribution is 2.57. The molecule has 6 heteroatoms. The number of aliphatic hydroxyl groups excluding tert-OH is 2. The van der Waals surface area contributed by atoms with Crippen LogP contribution >= 0.6 is 0 Å². The van der Waals surface area contributed by atoms with Gasteiger partial charge in [0.25, 0.3) is 0 Å². The number of fused-ring (bicyclic) bond motifs is 2. The quantitative estimate of drug-likeness (QED) is 0.252. The number of hydrogen-bond acceptors (Lipinski definition) is 6. The molecule has 0 aliphatic heterocycles. The summed E-state index contributed by atoms with van der Waals surface area (Å²) in [5, 5.41) is 21.7. The SMILES string of the molecule is CC(=O)OCCCC1=C(O)C2=C(C(=O)C1=O)[C@@]1(C)CCC(C)=C(C)[C@H]1[C@H](O)C2. The normalized spacial score (nSPS) is 30.5. The molecule has 3 aliphatic carbocycles. The number of carbonyl (C=O) groups is 3. The predicted molar refractivity (Wildman–Crippen MR) is 102 cm³/mol. The largest absolute Gasteiger partial charge is 0.507 e. The maximum absolute atomic E-state index is 13.1. The third-order valence-corrected chi connectivity index (χ3v) is 6.67. The molecule has 3 aliphatic rings. The van der Waals surface area contributed by atoms with Crippen LogP contribution in [0.15, 0.2) is 33.6 Å². The number of allylic oxidation sites excluding steroid dienone is 4. The Morgan fingerprint density at radius 1 is 1.25 bits per heavy atom. The van der Waals surface area contributed by atoms with Crippen molar-refractivity contribution in [1.82, 2.24) is 0 Å². The summed E-state index contributed by atoms with van der Waals surface area (Å²) < 4.78 is 4.87. The lowest BCUT2D eigenvalue weighted by atomic mass is 9.53. The first kappa shape index (κ1) is 20.5. The molecular formula is C22H28O6. The van der Waals surface area contributed by atoms with Gasteiger partial charge in [0.2, 0.25) is 11.6 Å². The van der Waals surface area contributed by atoms with Gasteiger partial charge in [0.1, 0.15) is 5.76 Å². The summed E-state index contributed by atoms with van der Waals surface area (Å²) >= 11 is 0. The van der Waals surface area contributed by atoms with Gasteiger partial charge in [-0.1, -0.05) is 18.1 Å². The molecule has 0 fully saturated rings. The summed E-state index contributed by atoms with van der Waals surface area (Å²) in [5.74, 6) is -2.07. The highest BCUT2D eigenvalue weighted by Gasteiger charge is 2.54. The van der Waals surface area contributed by atoms with Gasteiger partial charge in [-0.15, -0.1) is 0 Å². The number of aliphatic hydroxyl groups is 2. The van der Waals surface area contributed by atoms with Crippen molar-refractivity contribution >= 4 is 17.5 Å². The van der Waals surface area contributed by atoms with Crippen LogP contribution in [0.1, 0.15) is 59.8 Å². The van der Waals surface area contributed by atoms with Crippen LogP contribution in [0.5, 0.6) is 0 Å². The van der Waals surface area contributed by atoms with Crippen molar-refractivity contribution in [2.24, 2.45) is 11.3 Å².